The lowest BCUT2D eigenvalue weighted by atomic mass is 9.94. The molecule has 1 aromatic rings. The summed E-state index contributed by atoms with van der Waals surface area (Å²) in [7, 11) is 0. The van der Waals surface area contributed by atoms with Crippen molar-refractivity contribution in [3.8, 4) is 0 Å². The highest BCUT2D eigenvalue weighted by atomic mass is 35.5. The summed E-state index contributed by atoms with van der Waals surface area (Å²) in [6.45, 7) is 0. The third-order valence-corrected chi connectivity index (χ3v) is 3.40. The number of carbonyl (C=O) groups excluding carboxylic acids is 1. The van der Waals surface area contributed by atoms with Crippen LogP contribution < -0.4 is 0 Å². The van der Waals surface area contributed by atoms with Crippen molar-refractivity contribution in [3.63, 3.8) is 0 Å². The summed E-state index contributed by atoms with van der Waals surface area (Å²) >= 11 is 5.88. The van der Waals surface area contributed by atoms with Gasteiger partial charge in [0.15, 0.2) is 12.0 Å². The summed E-state index contributed by atoms with van der Waals surface area (Å²) in [6.07, 6.45) is 3.61. The minimum absolute atomic E-state index is 0.183. The average molecular weight is 294 g/mol. The Morgan fingerprint density at radius 2 is 2.05 bits per heavy atom. The van der Waals surface area contributed by atoms with Gasteiger partial charge in [-0.05, 0) is 42.7 Å². The van der Waals surface area contributed by atoms with E-state index in [2.05, 4.69) is 0 Å². The lowest BCUT2D eigenvalue weighted by molar-refractivity contribution is -0.431. The summed E-state index contributed by atoms with van der Waals surface area (Å²) in [4.78, 5) is 21.2. The molecule has 0 atom stereocenters. The van der Waals surface area contributed by atoms with E-state index in [1.807, 2.05) is 0 Å². The van der Waals surface area contributed by atoms with Crippen molar-refractivity contribution in [2.45, 2.75) is 19.3 Å². The molecule has 104 valence electrons. The predicted molar refractivity (Wildman–Crippen MR) is 75.3 cm³/mol. The monoisotopic (exact) mass is 293 g/mol. The van der Waals surface area contributed by atoms with Gasteiger partial charge in [-0.15, -0.1) is 0 Å². The second-order valence-electron chi connectivity index (χ2n) is 4.47. The van der Waals surface area contributed by atoms with Gasteiger partial charge in [0.2, 0.25) is 0 Å². The Morgan fingerprint density at radius 1 is 1.30 bits per heavy atom. The molecule has 1 aliphatic carbocycles. The summed E-state index contributed by atoms with van der Waals surface area (Å²) < 4.78 is 0. The fourth-order valence-electron chi connectivity index (χ4n) is 2.15. The summed E-state index contributed by atoms with van der Waals surface area (Å²) in [6, 6.07) is 4.75. The van der Waals surface area contributed by atoms with Crippen LogP contribution in [0.5, 0.6) is 0 Å². The predicted octanol–water partition coefficient (Wildman–Crippen LogP) is 3.77. The van der Waals surface area contributed by atoms with Crippen LogP contribution in [0, 0.1) is 10.1 Å². The fourth-order valence-corrected chi connectivity index (χ4v) is 2.33. The van der Waals surface area contributed by atoms with Crippen molar-refractivity contribution in [1.29, 1.82) is 0 Å². The topological polar surface area (TPSA) is 80.4 Å². The molecule has 1 N–H and O–H groups in total. The molecule has 20 heavy (non-hydrogen) atoms. The van der Waals surface area contributed by atoms with Crippen molar-refractivity contribution in [2.75, 3.05) is 0 Å². The van der Waals surface area contributed by atoms with Crippen LogP contribution in [0.15, 0.2) is 35.2 Å². The fraction of sp³-hybridized carbons (Fsp3) is 0.214. The molecular weight excluding hydrogens is 282 g/mol. The van der Waals surface area contributed by atoms with E-state index in [0.29, 0.717) is 40.9 Å². The van der Waals surface area contributed by atoms with Crippen LogP contribution in [0.2, 0.25) is 5.02 Å². The van der Waals surface area contributed by atoms with Crippen LogP contribution in [-0.2, 0) is 0 Å². The average Bonchev–Trinajstić information content (AvgIpc) is 2.41. The highest BCUT2D eigenvalue weighted by Gasteiger charge is 2.25. The molecule has 6 heteroatoms. The van der Waals surface area contributed by atoms with Crippen molar-refractivity contribution in [3.05, 3.63) is 61.5 Å². The molecule has 0 aliphatic heterocycles. The van der Waals surface area contributed by atoms with E-state index in [9.17, 15) is 20.0 Å². The minimum Gasteiger partial charge on any atom is -0.502 e. The maximum Gasteiger partial charge on any atom is 0.287 e. The van der Waals surface area contributed by atoms with E-state index in [0.717, 1.165) is 0 Å². The van der Waals surface area contributed by atoms with Crippen LogP contribution in [0.3, 0.4) is 0 Å². The number of aliphatic hydroxyl groups is 1. The molecule has 0 fully saturated rings. The Labute approximate surface area is 120 Å². The maximum atomic E-state index is 11.0. The number of hydrogen-bond acceptors (Lipinski definition) is 4. The number of allylic oxidation sites excluding steroid dienone is 2. The van der Waals surface area contributed by atoms with Gasteiger partial charge in [0.1, 0.15) is 0 Å². The van der Waals surface area contributed by atoms with Gasteiger partial charge in [-0.3, -0.25) is 14.9 Å². The van der Waals surface area contributed by atoms with Crippen molar-refractivity contribution in [1.82, 2.24) is 0 Å². The molecule has 0 radical (unpaired) electrons. The second-order valence-corrected chi connectivity index (χ2v) is 4.90. The van der Waals surface area contributed by atoms with E-state index in [4.69, 9.17) is 11.6 Å². The molecular formula is C14H12ClNO4. The van der Waals surface area contributed by atoms with Gasteiger partial charge in [-0.2, -0.15) is 0 Å². The number of nitro groups is 1. The van der Waals surface area contributed by atoms with Crippen LogP contribution in [0.1, 0.15) is 35.2 Å². The molecule has 5 nitrogen and oxygen atoms in total. The number of nitrogens with zero attached hydrogens (tertiary/aromatic N) is 1. The summed E-state index contributed by atoms with van der Waals surface area (Å²) in [5, 5.41) is 21.2. The first-order chi connectivity index (χ1) is 9.52. The molecule has 0 amide bonds. The Hall–Kier alpha value is -2.14. The first kappa shape index (κ1) is 14.3. The number of carbonyl (C=O) groups is 1. The number of aliphatic hydroxyl groups excluding tert-OH is 1. The zero-order valence-electron chi connectivity index (χ0n) is 10.5. The molecule has 0 spiro atoms. The van der Waals surface area contributed by atoms with E-state index in [-0.39, 0.29) is 17.9 Å². The normalized spacial score (nSPS) is 17.4. The number of rotatable bonds is 3. The molecule has 0 bridgehead atoms. The minimum atomic E-state index is -0.569. The number of halogens is 1. The van der Waals surface area contributed by atoms with Gasteiger partial charge in [0.25, 0.3) is 5.70 Å². The summed E-state index contributed by atoms with van der Waals surface area (Å²) in [5.41, 5.74) is 1.23. The van der Waals surface area contributed by atoms with Crippen LogP contribution >= 0.6 is 11.6 Å². The van der Waals surface area contributed by atoms with Gasteiger partial charge < -0.3 is 5.11 Å². The van der Waals surface area contributed by atoms with Crippen LogP contribution in [-0.4, -0.2) is 16.3 Å². The first-order valence-corrected chi connectivity index (χ1v) is 6.43. The van der Waals surface area contributed by atoms with Gasteiger partial charge in [0.05, 0.1) is 4.92 Å². The lowest BCUT2D eigenvalue weighted by Crippen LogP contribution is -2.10. The molecule has 0 saturated carbocycles. The van der Waals surface area contributed by atoms with Crippen molar-refractivity contribution in [2.24, 2.45) is 0 Å². The number of hydrogen-bond donors (Lipinski definition) is 1. The number of aldehydes is 1. The number of benzene rings is 1. The summed E-state index contributed by atoms with van der Waals surface area (Å²) in [5.74, 6) is -0.307. The molecule has 0 heterocycles. The zero-order chi connectivity index (χ0) is 14.7. The van der Waals surface area contributed by atoms with Crippen LogP contribution in [0.25, 0.3) is 6.08 Å². The second kappa shape index (κ2) is 5.88. The van der Waals surface area contributed by atoms with Crippen LogP contribution in [0.4, 0.5) is 0 Å². The largest absolute Gasteiger partial charge is 0.502 e. The lowest BCUT2D eigenvalue weighted by Gasteiger charge is -2.13. The third kappa shape index (κ3) is 2.88. The first-order valence-electron chi connectivity index (χ1n) is 6.05. The molecule has 0 unspecified atom stereocenters. The molecule has 1 aliphatic rings. The van der Waals surface area contributed by atoms with Gasteiger partial charge in [0, 0.05) is 22.6 Å². The molecule has 1 aromatic carbocycles. The molecule has 0 saturated heterocycles. The standard InChI is InChI=1S/C14H12ClNO4/c15-12-5-4-10(8-17)11(7-12)6-9-2-1-3-13(14(9)18)16(19)20/h4-8,18H,1-3H2/b9-6+. The Morgan fingerprint density at radius 3 is 2.70 bits per heavy atom. The third-order valence-electron chi connectivity index (χ3n) is 3.16. The van der Waals surface area contributed by atoms with Gasteiger partial charge in [-0.25, -0.2) is 0 Å². The molecule has 0 aromatic heterocycles. The Kier molecular flexibility index (Phi) is 4.20. The smallest absolute Gasteiger partial charge is 0.287 e. The zero-order valence-corrected chi connectivity index (χ0v) is 11.3. The van der Waals surface area contributed by atoms with E-state index in [1.165, 1.54) is 0 Å². The maximum absolute atomic E-state index is 11.0. The Bertz CT molecular complexity index is 634. The quantitative estimate of drug-likeness (QED) is 0.522. The van der Waals surface area contributed by atoms with Gasteiger partial charge >= 0.3 is 0 Å². The highest BCUT2D eigenvalue weighted by Crippen LogP contribution is 2.30. The van der Waals surface area contributed by atoms with E-state index in [1.54, 1.807) is 24.3 Å². The van der Waals surface area contributed by atoms with Gasteiger partial charge in [-0.1, -0.05) is 11.6 Å². The highest BCUT2D eigenvalue weighted by molar-refractivity contribution is 6.30. The SMILES string of the molecule is O=Cc1ccc(Cl)cc1/C=C1\CCCC([N+](=O)[O-])=C1O. The Balaban J connectivity index is 2.50. The molecule has 2 rings (SSSR count). The van der Waals surface area contributed by atoms with Crippen molar-refractivity contribution >= 4 is 24.0 Å². The van der Waals surface area contributed by atoms with Crippen molar-refractivity contribution < 1.29 is 14.8 Å². The van der Waals surface area contributed by atoms with E-state index >= 15 is 0 Å². The van der Waals surface area contributed by atoms with E-state index < -0.39 is 4.92 Å².